The second-order valence-corrected chi connectivity index (χ2v) is 4.11. The van der Waals surface area contributed by atoms with Crippen LogP contribution in [0, 0.1) is 5.92 Å². The van der Waals surface area contributed by atoms with Crippen molar-refractivity contribution in [3.05, 3.63) is 36.0 Å². The molecule has 0 nitrogen and oxygen atoms in total. The van der Waals surface area contributed by atoms with Crippen molar-refractivity contribution in [2.45, 2.75) is 38.5 Å². The maximum Gasteiger partial charge on any atom is -0.0128 e. The van der Waals surface area contributed by atoms with Crippen molar-refractivity contribution in [2.75, 3.05) is 0 Å². The molecule has 0 N–H and O–H groups in total. The van der Waals surface area contributed by atoms with E-state index in [2.05, 4.69) is 24.8 Å². The van der Waals surface area contributed by atoms with Crippen molar-refractivity contribution >= 4 is 0 Å². The number of hydrogen-bond donors (Lipinski definition) is 0. The van der Waals surface area contributed by atoms with E-state index in [1.54, 1.807) is 11.1 Å². The van der Waals surface area contributed by atoms with E-state index in [4.69, 9.17) is 0 Å². The molecular formula is C13H18. The molecule has 0 aromatic rings. The van der Waals surface area contributed by atoms with Crippen LogP contribution in [0.25, 0.3) is 0 Å². The molecule has 0 unspecified atom stereocenters. The molecule has 0 fully saturated rings. The maximum absolute atomic E-state index is 3.85. The Balaban J connectivity index is 2.20. The molecule has 2 aliphatic rings. The van der Waals surface area contributed by atoms with Gasteiger partial charge in [-0.1, -0.05) is 23.8 Å². The second kappa shape index (κ2) is 3.95. The van der Waals surface area contributed by atoms with Gasteiger partial charge in [0.25, 0.3) is 0 Å². The summed E-state index contributed by atoms with van der Waals surface area (Å²) in [5.41, 5.74) is 3.39. The van der Waals surface area contributed by atoms with Crippen LogP contribution in [-0.2, 0) is 0 Å². The summed E-state index contributed by atoms with van der Waals surface area (Å²) < 4.78 is 0. The van der Waals surface area contributed by atoms with Crippen LogP contribution in [-0.4, -0.2) is 0 Å². The standard InChI is InChI=1S/C13H18/c1-2-6-11-8-5-9-12-7-3-4-10-13(11)12/h2,4,10-11H,1,3,5-9H2/t11-/m0/s1. The Morgan fingerprint density at radius 1 is 1.46 bits per heavy atom. The fourth-order valence-corrected chi connectivity index (χ4v) is 2.59. The highest BCUT2D eigenvalue weighted by Crippen LogP contribution is 2.37. The third kappa shape index (κ3) is 1.77. The first-order chi connectivity index (χ1) is 6.42. The summed E-state index contributed by atoms with van der Waals surface area (Å²) in [6.45, 7) is 3.85. The molecule has 0 radical (unpaired) electrons. The van der Waals surface area contributed by atoms with Crippen molar-refractivity contribution < 1.29 is 0 Å². The molecule has 2 aliphatic carbocycles. The third-order valence-electron chi connectivity index (χ3n) is 3.24. The molecule has 70 valence electrons. The zero-order valence-electron chi connectivity index (χ0n) is 8.26. The van der Waals surface area contributed by atoms with Crippen LogP contribution in [0.2, 0.25) is 0 Å². The molecule has 0 saturated heterocycles. The van der Waals surface area contributed by atoms with Crippen LogP contribution in [0.3, 0.4) is 0 Å². The van der Waals surface area contributed by atoms with Crippen LogP contribution < -0.4 is 0 Å². The van der Waals surface area contributed by atoms with E-state index in [-0.39, 0.29) is 0 Å². The Morgan fingerprint density at radius 3 is 3.23 bits per heavy atom. The fourth-order valence-electron chi connectivity index (χ4n) is 2.59. The first-order valence-electron chi connectivity index (χ1n) is 5.41. The van der Waals surface area contributed by atoms with Crippen LogP contribution >= 0.6 is 0 Å². The first kappa shape index (κ1) is 8.80. The van der Waals surface area contributed by atoms with Crippen LogP contribution in [0.15, 0.2) is 36.0 Å². The van der Waals surface area contributed by atoms with Gasteiger partial charge in [0, 0.05) is 0 Å². The Bertz CT molecular complexity index is 255. The van der Waals surface area contributed by atoms with E-state index < -0.39 is 0 Å². The Kier molecular flexibility index (Phi) is 2.68. The number of allylic oxidation sites excluding steroid dienone is 5. The molecule has 0 heteroatoms. The minimum absolute atomic E-state index is 0.790. The lowest BCUT2D eigenvalue weighted by molar-refractivity contribution is 0.500. The van der Waals surface area contributed by atoms with Gasteiger partial charge >= 0.3 is 0 Å². The SMILES string of the molecule is C=CC[C@H]1CCCC2=C1C=CCC2. The van der Waals surface area contributed by atoms with Crippen molar-refractivity contribution in [1.82, 2.24) is 0 Å². The summed E-state index contributed by atoms with van der Waals surface area (Å²) in [4.78, 5) is 0. The molecule has 0 bridgehead atoms. The van der Waals surface area contributed by atoms with E-state index in [0.29, 0.717) is 0 Å². The van der Waals surface area contributed by atoms with Crippen molar-refractivity contribution in [2.24, 2.45) is 5.92 Å². The highest BCUT2D eigenvalue weighted by atomic mass is 14.3. The molecule has 0 aromatic carbocycles. The second-order valence-electron chi connectivity index (χ2n) is 4.11. The number of hydrogen-bond acceptors (Lipinski definition) is 0. The van der Waals surface area contributed by atoms with Gasteiger partial charge in [-0.25, -0.2) is 0 Å². The van der Waals surface area contributed by atoms with E-state index in [1.165, 1.54) is 38.5 Å². The average Bonchev–Trinajstić information content (AvgIpc) is 2.19. The van der Waals surface area contributed by atoms with Gasteiger partial charge in [0.2, 0.25) is 0 Å². The normalized spacial score (nSPS) is 27.2. The van der Waals surface area contributed by atoms with E-state index in [0.717, 1.165) is 5.92 Å². The van der Waals surface area contributed by atoms with Gasteiger partial charge in [-0.3, -0.25) is 0 Å². The zero-order valence-corrected chi connectivity index (χ0v) is 8.26. The molecule has 0 aliphatic heterocycles. The molecular weight excluding hydrogens is 156 g/mol. The molecule has 0 spiro atoms. The van der Waals surface area contributed by atoms with Gasteiger partial charge in [-0.2, -0.15) is 0 Å². The van der Waals surface area contributed by atoms with Crippen molar-refractivity contribution in [3.8, 4) is 0 Å². The predicted molar refractivity (Wildman–Crippen MR) is 57.6 cm³/mol. The average molecular weight is 174 g/mol. The molecule has 0 amide bonds. The maximum atomic E-state index is 3.85. The molecule has 13 heavy (non-hydrogen) atoms. The summed E-state index contributed by atoms with van der Waals surface area (Å²) in [7, 11) is 0. The smallest absolute Gasteiger partial charge is 0.0128 e. The minimum Gasteiger partial charge on any atom is -0.103 e. The van der Waals surface area contributed by atoms with Gasteiger partial charge in [-0.05, 0) is 50.0 Å². The van der Waals surface area contributed by atoms with Crippen LogP contribution in [0.5, 0.6) is 0 Å². The lowest BCUT2D eigenvalue weighted by Gasteiger charge is -2.28. The molecule has 0 saturated carbocycles. The van der Waals surface area contributed by atoms with Crippen molar-refractivity contribution in [3.63, 3.8) is 0 Å². The fraction of sp³-hybridized carbons (Fsp3) is 0.538. The number of rotatable bonds is 2. The van der Waals surface area contributed by atoms with E-state index >= 15 is 0 Å². The highest BCUT2D eigenvalue weighted by molar-refractivity contribution is 5.33. The van der Waals surface area contributed by atoms with Crippen LogP contribution in [0.4, 0.5) is 0 Å². The molecule has 1 atom stereocenters. The van der Waals surface area contributed by atoms with Crippen molar-refractivity contribution in [1.29, 1.82) is 0 Å². The zero-order chi connectivity index (χ0) is 9.10. The lowest BCUT2D eigenvalue weighted by Crippen LogP contribution is -2.12. The summed E-state index contributed by atoms with van der Waals surface area (Å²) >= 11 is 0. The largest absolute Gasteiger partial charge is 0.103 e. The molecule has 0 heterocycles. The topological polar surface area (TPSA) is 0 Å². The first-order valence-corrected chi connectivity index (χ1v) is 5.41. The highest BCUT2D eigenvalue weighted by Gasteiger charge is 2.21. The van der Waals surface area contributed by atoms with Crippen LogP contribution in [0.1, 0.15) is 38.5 Å². The predicted octanol–water partition coefficient (Wildman–Crippen LogP) is 4.01. The lowest BCUT2D eigenvalue weighted by atomic mass is 9.77. The Labute approximate surface area is 81.0 Å². The monoisotopic (exact) mass is 174 g/mol. The molecule has 0 aromatic heterocycles. The minimum atomic E-state index is 0.790. The third-order valence-corrected chi connectivity index (χ3v) is 3.24. The quantitative estimate of drug-likeness (QED) is 0.555. The van der Waals surface area contributed by atoms with E-state index in [9.17, 15) is 0 Å². The van der Waals surface area contributed by atoms with Gasteiger partial charge in [0.15, 0.2) is 0 Å². The van der Waals surface area contributed by atoms with Gasteiger partial charge in [-0.15, -0.1) is 6.58 Å². The summed E-state index contributed by atoms with van der Waals surface area (Å²) in [6, 6.07) is 0. The van der Waals surface area contributed by atoms with E-state index in [1.807, 2.05) is 0 Å². The van der Waals surface area contributed by atoms with Gasteiger partial charge in [0.1, 0.15) is 0 Å². The Hall–Kier alpha value is -0.780. The summed E-state index contributed by atoms with van der Waals surface area (Å²) in [5, 5.41) is 0. The summed E-state index contributed by atoms with van der Waals surface area (Å²) in [5.74, 6) is 0.790. The van der Waals surface area contributed by atoms with Gasteiger partial charge < -0.3 is 0 Å². The van der Waals surface area contributed by atoms with Gasteiger partial charge in [0.05, 0.1) is 0 Å². The Morgan fingerprint density at radius 2 is 2.38 bits per heavy atom. The molecule has 2 rings (SSSR count). The summed E-state index contributed by atoms with van der Waals surface area (Å²) in [6.07, 6.45) is 14.6.